The Morgan fingerprint density at radius 2 is 1.95 bits per heavy atom. The fraction of sp³-hybridized carbons (Fsp3) is 0.769. The minimum Gasteiger partial charge on any atom is -0.456 e. The summed E-state index contributed by atoms with van der Waals surface area (Å²) in [5.41, 5.74) is 0. The minimum absolute atomic E-state index is 0.0341. The number of methoxy groups -OCH3 is 1. The Hall–Kier alpha value is -1.04. The summed E-state index contributed by atoms with van der Waals surface area (Å²) in [6.07, 6.45) is 0.463. The van der Waals surface area contributed by atoms with Gasteiger partial charge in [-0.2, -0.15) is 13.2 Å². The average molecular weight is 280 g/mol. The van der Waals surface area contributed by atoms with Gasteiger partial charge < -0.3 is 9.47 Å². The Bertz CT molecular complexity index is 307. The molecule has 0 amide bonds. The Kier molecular flexibility index (Phi) is 6.34. The molecule has 0 heterocycles. The van der Waals surface area contributed by atoms with Crippen LogP contribution in [-0.2, 0) is 14.3 Å². The first-order chi connectivity index (χ1) is 8.92. The predicted molar refractivity (Wildman–Crippen MR) is 63.5 cm³/mol. The minimum atomic E-state index is -4.39. The van der Waals surface area contributed by atoms with E-state index in [2.05, 4.69) is 4.74 Å². The molecule has 0 radical (unpaired) electrons. The summed E-state index contributed by atoms with van der Waals surface area (Å²) in [7, 11) is 1.34. The van der Waals surface area contributed by atoms with E-state index in [4.69, 9.17) is 4.74 Å². The maximum atomic E-state index is 12.2. The van der Waals surface area contributed by atoms with Crippen molar-refractivity contribution >= 4 is 5.97 Å². The highest BCUT2D eigenvalue weighted by Crippen LogP contribution is 2.29. The Labute approximate surface area is 110 Å². The molecule has 1 aliphatic rings. The SMILES string of the molecule is COCC(=O)O[C@H](/C=C\C(F)(F)F)C1CCCCC1. The average Bonchev–Trinajstić information content (AvgIpc) is 2.35. The second-order valence-corrected chi connectivity index (χ2v) is 4.69. The van der Waals surface area contributed by atoms with Crippen LogP contribution < -0.4 is 0 Å². The van der Waals surface area contributed by atoms with Gasteiger partial charge in [0.1, 0.15) is 12.7 Å². The largest absolute Gasteiger partial charge is 0.456 e. The molecule has 1 aliphatic carbocycles. The molecule has 0 aromatic carbocycles. The zero-order valence-corrected chi connectivity index (χ0v) is 10.9. The molecule has 1 rings (SSSR count). The molecular formula is C13H19F3O3. The van der Waals surface area contributed by atoms with Crippen LogP contribution >= 0.6 is 0 Å². The third-order valence-electron chi connectivity index (χ3n) is 3.12. The number of allylic oxidation sites excluding steroid dienone is 1. The molecular weight excluding hydrogens is 261 g/mol. The number of esters is 1. The zero-order chi connectivity index (χ0) is 14.3. The first-order valence-corrected chi connectivity index (χ1v) is 6.37. The van der Waals surface area contributed by atoms with Gasteiger partial charge >= 0.3 is 12.1 Å². The smallest absolute Gasteiger partial charge is 0.409 e. The van der Waals surface area contributed by atoms with Crippen LogP contribution in [0.4, 0.5) is 13.2 Å². The quantitative estimate of drug-likeness (QED) is 0.573. The molecule has 0 aliphatic heterocycles. The van der Waals surface area contributed by atoms with E-state index in [1.807, 2.05) is 0 Å². The van der Waals surface area contributed by atoms with Gasteiger partial charge in [-0.1, -0.05) is 19.3 Å². The van der Waals surface area contributed by atoms with E-state index < -0.39 is 18.2 Å². The molecule has 0 bridgehead atoms. The van der Waals surface area contributed by atoms with Crippen molar-refractivity contribution in [1.82, 2.24) is 0 Å². The molecule has 0 spiro atoms. The number of halogens is 3. The topological polar surface area (TPSA) is 35.5 Å². The highest BCUT2D eigenvalue weighted by molar-refractivity contribution is 5.71. The summed E-state index contributed by atoms with van der Waals surface area (Å²) >= 11 is 0. The maximum absolute atomic E-state index is 12.2. The van der Waals surface area contributed by atoms with E-state index in [1.54, 1.807) is 0 Å². The molecule has 3 nitrogen and oxygen atoms in total. The molecule has 0 aromatic rings. The molecule has 6 heteroatoms. The third-order valence-corrected chi connectivity index (χ3v) is 3.12. The van der Waals surface area contributed by atoms with Gasteiger partial charge in [-0.05, 0) is 24.8 Å². The lowest BCUT2D eigenvalue weighted by atomic mass is 9.85. The lowest BCUT2D eigenvalue weighted by molar-refractivity contribution is -0.154. The van der Waals surface area contributed by atoms with Gasteiger partial charge in [0.25, 0.3) is 0 Å². The fourth-order valence-corrected chi connectivity index (χ4v) is 2.26. The molecule has 1 atom stereocenters. The van der Waals surface area contributed by atoms with Crippen LogP contribution in [-0.4, -0.2) is 32.0 Å². The van der Waals surface area contributed by atoms with Gasteiger partial charge in [-0.25, -0.2) is 4.79 Å². The van der Waals surface area contributed by atoms with Crippen molar-refractivity contribution < 1.29 is 27.4 Å². The van der Waals surface area contributed by atoms with Crippen LogP contribution in [0.2, 0.25) is 0 Å². The lowest BCUT2D eigenvalue weighted by Gasteiger charge is -2.28. The van der Waals surface area contributed by atoms with Crippen LogP contribution in [0.3, 0.4) is 0 Å². The summed E-state index contributed by atoms with van der Waals surface area (Å²) in [5, 5.41) is 0. The van der Waals surface area contributed by atoms with Crippen LogP contribution in [0.25, 0.3) is 0 Å². The van der Waals surface area contributed by atoms with E-state index in [0.717, 1.165) is 38.2 Å². The van der Waals surface area contributed by atoms with Gasteiger partial charge in [0, 0.05) is 13.2 Å². The molecule has 1 saturated carbocycles. The van der Waals surface area contributed by atoms with E-state index in [-0.39, 0.29) is 18.6 Å². The normalized spacial score (nSPS) is 19.6. The monoisotopic (exact) mass is 280 g/mol. The standard InChI is InChI=1S/C13H19F3O3/c1-18-9-12(17)19-11(7-8-13(14,15)16)10-5-3-2-4-6-10/h7-8,10-11H,2-6,9H2,1H3/b8-7-/t11-/m1/s1. The number of carbonyl (C=O) groups is 1. The van der Waals surface area contributed by atoms with Gasteiger partial charge in [-0.15, -0.1) is 0 Å². The van der Waals surface area contributed by atoms with Crippen molar-refractivity contribution in [1.29, 1.82) is 0 Å². The second-order valence-electron chi connectivity index (χ2n) is 4.69. The van der Waals surface area contributed by atoms with Gasteiger partial charge in [-0.3, -0.25) is 0 Å². The van der Waals surface area contributed by atoms with Crippen molar-refractivity contribution in [2.24, 2.45) is 5.92 Å². The highest BCUT2D eigenvalue weighted by atomic mass is 19.4. The number of hydrogen-bond acceptors (Lipinski definition) is 3. The predicted octanol–water partition coefficient (Wildman–Crippen LogP) is 3.24. The summed E-state index contributed by atoms with van der Waals surface area (Å²) in [6, 6.07) is 0. The fourth-order valence-electron chi connectivity index (χ4n) is 2.26. The Balaban J connectivity index is 2.66. The van der Waals surface area contributed by atoms with Crippen LogP contribution in [0.15, 0.2) is 12.2 Å². The van der Waals surface area contributed by atoms with Crippen LogP contribution in [0.1, 0.15) is 32.1 Å². The number of rotatable bonds is 5. The summed E-state index contributed by atoms with van der Waals surface area (Å²) in [5.74, 6) is -0.668. The number of ether oxygens (including phenoxy) is 2. The molecule has 1 fully saturated rings. The van der Waals surface area contributed by atoms with Crippen LogP contribution in [0.5, 0.6) is 0 Å². The maximum Gasteiger partial charge on any atom is 0.409 e. The molecule has 0 N–H and O–H groups in total. The zero-order valence-electron chi connectivity index (χ0n) is 10.9. The molecule has 110 valence electrons. The van der Waals surface area contributed by atoms with E-state index in [9.17, 15) is 18.0 Å². The summed E-state index contributed by atoms with van der Waals surface area (Å²) in [4.78, 5) is 11.4. The molecule has 19 heavy (non-hydrogen) atoms. The number of carbonyl (C=O) groups excluding carboxylic acids is 1. The first kappa shape index (κ1) is 16.0. The van der Waals surface area contributed by atoms with Crippen molar-refractivity contribution in [3.8, 4) is 0 Å². The van der Waals surface area contributed by atoms with Gasteiger partial charge in [0.2, 0.25) is 0 Å². The molecule has 0 unspecified atom stereocenters. The van der Waals surface area contributed by atoms with Gasteiger partial charge in [0.05, 0.1) is 0 Å². The lowest BCUT2D eigenvalue weighted by Crippen LogP contribution is -2.29. The Morgan fingerprint density at radius 3 is 2.47 bits per heavy atom. The summed E-state index contributed by atoms with van der Waals surface area (Å²) < 4.78 is 46.3. The van der Waals surface area contributed by atoms with E-state index in [0.29, 0.717) is 0 Å². The van der Waals surface area contributed by atoms with Crippen molar-refractivity contribution in [3.05, 3.63) is 12.2 Å². The van der Waals surface area contributed by atoms with E-state index in [1.165, 1.54) is 7.11 Å². The number of alkyl halides is 3. The second kappa shape index (κ2) is 7.53. The van der Waals surface area contributed by atoms with Crippen molar-refractivity contribution in [2.45, 2.75) is 44.4 Å². The number of hydrogen-bond donors (Lipinski definition) is 0. The summed E-state index contributed by atoms with van der Waals surface area (Å²) in [6.45, 7) is -0.247. The van der Waals surface area contributed by atoms with Crippen molar-refractivity contribution in [3.63, 3.8) is 0 Å². The molecule has 0 saturated heterocycles. The van der Waals surface area contributed by atoms with Crippen molar-refractivity contribution in [2.75, 3.05) is 13.7 Å². The van der Waals surface area contributed by atoms with E-state index >= 15 is 0 Å². The highest BCUT2D eigenvalue weighted by Gasteiger charge is 2.28. The third kappa shape index (κ3) is 6.61. The Morgan fingerprint density at radius 1 is 1.32 bits per heavy atom. The van der Waals surface area contributed by atoms with Gasteiger partial charge in [0.15, 0.2) is 0 Å². The van der Waals surface area contributed by atoms with Crippen LogP contribution in [0, 0.1) is 5.92 Å². The molecule has 0 aromatic heterocycles. The first-order valence-electron chi connectivity index (χ1n) is 6.37.